The van der Waals surface area contributed by atoms with Crippen molar-refractivity contribution in [2.24, 2.45) is 0 Å². The van der Waals surface area contributed by atoms with E-state index in [1.54, 1.807) is 0 Å². The van der Waals surface area contributed by atoms with Gasteiger partial charge in [-0.05, 0) is 19.3 Å². The molecule has 0 unspecified atom stereocenters. The molecule has 1 saturated heterocycles. The smallest absolute Gasteiger partial charge is 0.0171 e. The van der Waals surface area contributed by atoms with Crippen LogP contribution in [0.15, 0.2) is 12.3 Å². The highest BCUT2D eigenvalue weighted by Gasteiger charge is 2.06. The van der Waals surface area contributed by atoms with Crippen LogP contribution in [0.25, 0.3) is 0 Å². The molecule has 0 aromatic carbocycles. The summed E-state index contributed by atoms with van der Waals surface area (Å²) in [6, 6.07) is 0. The number of piperidine rings is 1. The maximum atomic E-state index is 3.92. The van der Waals surface area contributed by atoms with E-state index in [9.17, 15) is 0 Å². The first-order chi connectivity index (χ1) is 3.80. The molecule has 1 aliphatic heterocycles. The van der Waals surface area contributed by atoms with Crippen LogP contribution in [0.5, 0.6) is 0 Å². The lowest BCUT2D eigenvalue weighted by atomic mass is 10.1. The molecule has 0 radical (unpaired) electrons. The maximum absolute atomic E-state index is 3.92. The molecule has 0 saturated carbocycles. The van der Waals surface area contributed by atoms with Gasteiger partial charge in [-0.15, -0.1) is 0 Å². The normalized spacial score (nSPS) is 21.6. The van der Waals surface area contributed by atoms with Crippen molar-refractivity contribution in [2.45, 2.75) is 19.3 Å². The van der Waals surface area contributed by atoms with Gasteiger partial charge in [0.1, 0.15) is 0 Å². The van der Waals surface area contributed by atoms with Gasteiger partial charge < -0.3 is 4.90 Å². The Bertz CT molecular complexity index is 96.6. The van der Waals surface area contributed by atoms with Gasteiger partial charge in [0, 0.05) is 19.3 Å². The molecule has 0 aromatic heterocycles. The second kappa shape index (κ2) is 2.21. The predicted octanol–water partition coefficient (Wildman–Crippen LogP) is 1.62. The minimum absolute atomic E-state index is 1.20. The summed E-state index contributed by atoms with van der Waals surface area (Å²) >= 11 is 0. The summed E-state index contributed by atoms with van der Waals surface area (Å²) in [6.07, 6.45) is 3.88. The van der Waals surface area contributed by atoms with Crippen molar-refractivity contribution in [1.29, 1.82) is 0 Å². The minimum atomic E-state index is 1.20. The molecular formula is C7H13N. The van der Waals surface area contributed by atoms with Crippen LogP contribution in [0.1, 0.15) is 19.3 Å². The van der Waals surface area contributed by atoms with Crippen molar-refractivity contribution >= 4 is 0 Å². The van der Waals surface area contributed by atoms with Gasteiger partial charge in [-0.1, -0.05) is 6.58 Å². The van der Waals surface area contributed by atoms with Gasteiger partial charge >= 0.3 is 0 Å². The van der Waals surface area contributed by atoms with Crippen molar-refractivity contribution in [2.75, 3.05) is 13.6 Å². The second-order valence-electron chi connectivity index (χ2n) is 2.44. The van der Waals surface area contributed by atoms with Crippen LogP contribution < -0.4 is 0 Å². The average Bonchev–Trinajstić information content (AvgIpc) is 1.77. The predicted molar refractivity (Wildman–Crippen MR) is 35.6 cm³/mol. The fourth-order valence-corrected chi connectivity index (χ4v) is 1.03. The lowest BCUT2D eigenvalue weighted by molar-refractivity contribution is 0.347. The minimum Gasteiger partial charge on any atom is -0.378 e. The largest absolute Gasteiger partial charge is 0.378 e. The molecule has 0 aliphatic carbocycles. The number of hydrogen-bond donors (Lipinski definition) is 0. The number of likely N-dealkylation sites (tertiary alicyclic amines) is 1. The third-order valence-corrected chi connectivity index (χ3v) is 1.75. The molecule has 1 aliphatic rings. The molecule has 1 rings (SSSR count). The average molecular weight is 111 g/mol. The van der Waals surface area contributed by atoms with Crippen LogP contribution in [0.4, 0.5) is 0 Å². The molecule has 0 aromatic rings. The summed E-state index contributed by atoms with van der Waals surface area (Å²) in [5.74, 6) is 0. The molecule has 1 fully saturated rings. The van der Waals surface area contributed by atoms with E-state index in [2.05, 4.69) is 18.5 Å². The fourth-order valence-electron chi connectivity index (χ4n) is 1.03. The SMILES string of the molecule is C=C1CCCCN1C. The molecule has 0 atom stereocenters. The number of rotatable bonds is 0. The first-order valence-corrected chi connectivity index (χ1v) is 3.19. The highest BCUT2D eigenvalue weighted by Crippen LogP contribution is 2.15. The Morgan fingerprint density at radius 2 is 2.25 bits per heavy atom. The topological polar surface area (TPSA) is 3.24 Å². The Morgan fingerprint density at radius 3 is 2.62 bits per heavy atom. The van der Waals surface area contributed by atoms with E-state index in [-0.39, 0.29) is 0 Å². The van der Waals surface area contributed by atoms with E-state index in [1.165, 1.54) is 31.5 Å². The van der Waals surface area contributed by atoms with Gasteiger partial charge in [0.05, 0.1) is 0 Å². The Morgan fingerprint density at radius 1 is 1.50 bits per heavy atom. The first kappa shape index (κ1) is 5.67. The molecule has 8 heavy (non-hydrogen) atoms. The van der Waals surface area contributed by atoms with Crippen LogP contribution >= 0.6 is 0 Å². The van der Waals surface area contributed by atoms with Gasteiger partial charge in [-0.3, -0.25) is 0 Å². The molecule has 1 heteroatoms. The Labute approximate surface area is 51.0 Å². The zero-order chi connectivity index (χ0) is 5.98. The zero-order valence-electron chi connectivity index (χ0n) is 5.48. The van der Waals surface area contributed by atoms with Crippen molar-refractivity contribution in [1.82, 2.24) is 4.90 Å². The molecule has 46 valence electrons. The fraction of sp³-hybridized carbons (Fsp3) is 0.714. The molecule has 0 spiro atoms. The van der Waals surface area contributed by atoms with Crippen molar-refractivity contribution in [3.8, 4) is 0 Å². The van der Waals surface area contributed by atoms with Gasteiger partial charge in [0.15, 0.2) is 0 Å². The van der Waals surface area contributed by atoms with Gasteiger partial charge in [-0.2, -0.15) is 0 Å². The van der Waals surface area contributed by atoms with E-state index in [4.69, 9.17) is 0 Å². The van der Waals surface area contributed by atoms with E-state index >= 15 is 0 Å². The molecule has 0 bridgehead atoms. The summed E-state index contributed by atoms with van der Waals surface area (Å²) in [6.45, 7) is 5.13. The zero-order valence-corrected chi connectivity index (χ0v) is 5.48. The number of allylic oxidation sites excluding steroid dienone is 1. The van der Waals surface area contributed by atoms with Gasteiger partial charge in [-0.25, -0.2) is 0 Å². The van der Waals surface area contributed by atoms with Gasteiger partial charge in [0.2, 0.25) is 0 Å². The van der Waals surface area contributed by atoms with Crippen molar-refractivity contribution in [3.63, 3.8) is 0 Å². The molecule has 1 nitrogen and oxygen atoms in total. The summed E-state index contributed by atoms with van der Waals surface area (Å²) in [7, 11) is 2.11. The van der Waals surface area contributed by atoms with Crippen LogP contribution in [0, 0.1) is 0 Å². The Hall–Kier alpha value is -0.460. The second-order valence-corrected chi connectivity index (χ2v) is 2.44. The van der Waals surface area contributed by atoms with Gasteiger partial charge in [0.25, 0.3) is 0 Å². The summed E-state index contributed by atoms with van der Waals surface area (Å²) in [5, 5.41) is 0. The lowest BCUT2D eigenvalue weighted by Gasteiger charge is -2.26. The van der Waals surface area contributed by atoms with E-state index in [0.717, 1.165) is 0 Å². The lowest BCUT2D eigenvalue weighted by Crippen LogP contribution is -2.22. The first-order valence-electron chi connectivity index (χ1n) is 3.19. The summed E-state index contributed by atoms with van der Waals surface area (Å²) < 4.78 is 0. The van der Waals surface area contributed by atoms with Crippen molar-refractivity contribution < 1.29 is 0 Å². The quantitative estimate of drug-likeness (QED) is 0.459. The van der Waals surface area contributed by atoms with E-state index in [1.807, 2.05) is 0 Å². The summed E-state index contributed by atoms with van der Waals surface area (Å²) in [5.41, 5.74) is 1.30. The van der Waals surface area contributed by atoms with E-state index in [0.29, 0.717) is 0 Å². The molecule has 1 heterocycles. The van der Waals surface area contributed by atoms with Crippen LogP contribution in [-0.2, 0) is 0 Å². The van der Waals surface area contributed by atoms with Crippen LogP contribution in [0.3, 0.4) is 0 Å². The van der Waals surface area contributed by atoms with Crippen LogP contribution in [-0.4, -0.2) is 18.5 Å². The van der Waals surface area contributed by atoms with Crippen LogP contribution in [0.2, 0.25) is 0 Å². The standard InChI is InChI=1S/C7H13N/c1-7-5-3-4-6-8(7)2/h1,3-6H2,2H3. The Balaban J connectivity index is 2.39. The third kappa shape index (κ3) is 1.03. The molecular weight excluding hydrogens is 98.1 g/mol. The molecule has 0 N–H and O–H groups in total. The monoisotopic (exact) mass is 111 g/mol. The highest BCUT2D eigenvalue weighted by atomic mass is 15.1. The molecule has 0 amide bonds. The van der Waals surface area contributed by atoms with Crippen molar-refractivity contribution in [3.05, 3.63) is 12.3 Å². The number of hydrogen-bond acceptors (Lipinski definition) is 1. The highest BCUT2D eigenvalue weighted by molar-refractivity contribution is 4.94. The maximum Gasteiger partial charge on any atom is 0.0171 e. The van der Waals surface area contributed by atoms with E-state index < -0.39 is 0 Å². The Kier molecular flexibility index (Phi) is 1.56. The third-order valence-electron chi connectivity index (χ3n) is 1.75. The summed E-state index contributed by atoms with van der Waals surface area (Å²) in [4.78, 5) is 2.24. The number of nitrogens with zero attached hydrogens (tertiary/aromatic N) is 1.